The van der Waals surface area contributed by atoms with Gasteiger partial charge in [0.2, 0.25) is 5.91 Å². The van der Waals surface area contributed by atoms with E-state index in [1.807, 2.05) is 0 Å². The van der Waals surface area contributed by atoms with Crippen LogP contribution in [0.3, 0.4) is 0 Å². The molecule has 0 bridgehead atoms. The summed E-state index contributed by atoms with van der Waals surface area (Å²) in [7, 11) is -2.35. The molecule has 1 atom stereocenters. The number of methoxy groups -OCH3 is 1. The average molecular weight is 473 g/mol. The number of ether oxygens (including phenoxy) is 1. The van der Waals surface area contributed by atoms with E-state index in [2.05, 4.69) is 20.3 Å². The van der Waals surface area contributed by atoms with Crippen molar-refractivity contribution < 1.29 is 22.7 Å². The second kappa shape index (κ2) is 10.5. The SMILES string of the molecule is COc1ccccc1C(=O)N[C@H](C(=O)Nc1cccc(S(=O)(=O)NC2=NCCC2)c1)C(C)C. The minimum Gasteiger partial charge on any atom is -0.496 e. The number of hydrogen-bond acceptors (Lipinski definition) is 6. The number of nitrogens with one attached hydrogen (secondary N) is 3. The van der Waals surface area contributed by atoms with Crippen molar-refractivity contribution in [1.82, 2.24) is 10.0 Å². The third-order valence-electron chi connectivity index (χ3n) is 5.13. The molecule has 0 aliphatic carbocycles. The van der Waals surface area contributed by atoms with Crippen LogP contribution in [0.25, 0.3) is 0 Å². The van der Waals surface area contributed by atoms with E-state index in [9.17, 15) is 18.0 Å². The first-order chi connectivity index (χ1) is 15.7. The maximum Gasteiger partial charge on any atom is 0.262 e. The zero-order valence-electron chi connectivity index (χ0n) is 18.8. The smallest absolute Gasteiger partial charge is 0.262 e. The molecule has 10 heteroatoms. The van der Waals surface area contributed by atoms with E-state index in [4.69, 9.17) is 4.74 Å². The Morgan fingerprint density at radius 2 is 1.85 bits per heavy atom. The number of nitrogens with zero attached hydrogens (tertiary/aromatic N) is 1. The highest BCUT2D eigenvalue weighted by Gasteiger charge is 2.26. The number of rotatable bonds is 8. The Morgan fingerprint density at radius 3 is 2.52 bits per heavy atom. The summed E-state index contributed by atoms with van der Waals surface area (Å²) in [6, 6.07) is 11.8. The summed E-state index contributed by atoms with van der Waals surface area (Å²) in [4.78, 5) is 29.9. The molecule has 2 aromatic carbocycles. The molecule has 9 nitrogen and oxygen atoms in total. The van der Waals surface area contributed by atoms with Gasteiger partial charge in [0.15, 0.2) is 0 Å². The van der Waals surface area contributed by atoms with E-state index in [1.54, 1.807) is 50.2 Å². The van der Waals surface area contributed by atoms with Crippen LogP contribution in [0.5, 0.6) is 5.75 Å². The number of sulfonamides is 1. The number of benzene rings is 2. The third kappa shape index (κ3) is 6.10. The van der Waals surface area contributed by atoms with E-state index >= 15 is 0 Å². The number of carbonyl (C=O) groups is 2. The van der Waals surface area contributed by atoms with Gasteiger partial charge in [0.05, 0.1) is 17.6 Å². The summed E-state index contributed by atoms with van der Waals surface area (Å²) in [5.41, 5.74) is 0.612. The summed E-state index contributed by atoms with van der Waals surface area (Å²) >= 11 is 0. The number of anilines is 1. The lowest BCUT2D eigenvalue weighted by molar-refractivity contribution is -0.118. The minimum absolute atomic E-state index is 0.00838. The van der Waals surface area contributed by atoms with Crippen molar-refractivity contribution in [3.05, 3.63) is 54.1 Å². The molecule has 0 unspecified atom stereocenters. The highest BCUT2D eigenvalue weighted by molar-refractivity contribution is 7.90. The fourth-order valence-electron chi connectivity index (χ4n) is 3.38. The third-order valence-corrected chi connectivity index (χ3v) is 6.50. The van der Waals surface area contributed by atoms with Gasteiger partial charge in [-0.3, -0.25) is 19.3 Å². The van der Waals surface area contributed by atoms with Gasteiger partial charge < -0.3 is 15.4 Å². The Bertz CT molecular complexity index is 1160. The molecule has 0 saturated heterocycles. The van der Waals surface area contributed by atoms with Crippen molar-refractivity contribution in [2.24, 2.45) is 10.9 Å². The van der Waals surface area contributed by atoms with Gasteiger partial charge in [-0.25, -0.2) is 8.42 Å². The highest BCUT2D eigenvalue weighted by Crippen LogP contribution is 2.19. The topological polar surface area (TPSA) is 126 Å². The van der Waals surface area contributed by atoms with Gasteiger partial charge in [-0.2, -0.15) is 0 Å². The molecular weight excluding hydrogens is 444 g/mol. The number of hydrogen-bond donors (Lipinski definition) is 3. The molecule has 1 aliphatic heterocycles. The monoisotopic (exact) mass is 472 g/mol. The van der Waals surface area contributed by atoms with Crippen molar-refractivity contribution in [1.29, 1.82) is 0 Å². The fraction of sp³-hybridized carbons (Fsp3) is 0.348. The number of carbonyl (C=O) groups excluding carboxylic acids is 2. The van der Waals surface area contributed by atoms with E-state index in [0.717, 1.165) is 6.42 Å². The van der Waals surface area contributed by atoms with Gasteiger partial charge in [-0.1, -0.05) is 32.0 Å². The van der Waals surface area contributed by atoms with E-state index in [0.29, 0.717) is 35.8 Å². The highest BCUT2D eigenvalue weighted by atomic mass is 32.2. The molecule has 3 N–H and O–H groups in total. The molecule has 33 heavy (non-hydrogen) atoms. The van der Waals surface area contributed by atoms with E-state index < -0.39 is 27.9 Å². The molecule has 0 spiro atoms. The molecule has 0 radical (unpaired) electrons. The standard InChI is InChI=1S/C23H28N4O5S/c1-15(2)21(26-22(28)18-10-4-5-11-19(18)32-3)23(29)25-16-8-6-9-17(14-16)33(30,31)27-20-12-7-13-24-20/h4-6,8-11,14-15,21H,7,12-13H2,1-3H3,(H,24,27)(H,25,29)(H,26,28)/t21-/m0/s1. The van der Waals surface area contributed by atoms with Gasteiger partial charge in [-0.15, -0.1) is 0 Å². The van der Waals surface area contributed by atoms with Crippen LogP contribution in [0.4, 0.5) is 5.69 Å². The maximum atomic E-state index is 13.0. The molecule has 2 amide bonds. The quantitative estimate of drug-likeness (QED) is 0.544. The molecule has 176 valence electrons. The molecular formula is C23H28N4O5S. The van der Waals surface area contributed by atoms with Gasteiger partial charge in [0.1, 0.15) is 17.6 Å². The lowest BCUT2D eigenvalue weighted by Crippen LogP contribution is -2.47. The lowest BCUT2D eigenvalue weighted by atomic mass is 10.0. The fourth-order valence-corrected chi connectivity index (χ4v) is 4.52. The number of amides is 2. The summed E-state index contributed by atoms with van der Waals surface area (Å²) in [6.45, 7) is 4.21. The molecule has 3 rings (SSSR count). The second-order valence-electron chi connectivity index (χ2n) is 7.95. The van der Waals surface area contributed by atoms with Crippen LogP contribution in [-0.2, 0) is 14.8 Å². The van der Waals surface area contributed by atoms with Crippen LogP contribution >= 0.6 is 0 Å². The van der Waals surface area contributed by atoms with Gasteiger partial charge in [-0.05, 0) is 42.7 Å². The van der Waals surface area contributed by atoms with Crippen LogP contribution in [-0.4, -0.2) is 45.8 Å². The van der Waals surface area contributed by atoms with Crippen molar-refractivity contribution in [3.8, 4) is 5.75 Å². The predicted molar refractivity (Wildman–Crippen MR) is 126 cm³/mol. The number of aliphatic imine (C=N–C) groups is 1. The van der Waals surface area contributed by atoms with Gasteiger partial charge in [0, 0.05) is 18.7 Å². The maximum absolute atomic E-state index is 13.0. The number of amidine groups is 1. The molecule has 0 fully saturated rings. The Kier molecular flexibility index (Phi) is 7.70. The molecule has 0 saturated carbocycles. The second-order valence-corrected chi connectivity index (χ2v) is 9.63. The van der Waals surface area contributed by atoms with Crippen LogP contribution in [0.15, 0.2) is 58.4 Å². The van der Waals surface area contributed by atoms with Crippen molar-refractivity contribution in [2.75, 3.05) is 19.0 Å². The Labute approximate surface area is 193 Å². The summed E-state index contributed by atoms with van der Waals surface area (Å²) < 4.78 is 33.0. The predicted octanol–water partition coefficient (Wildman–Crippen LogP) is 2.56. The first-order valence-electron chi connectivity index (χ1n) is 10.6. The van der Waals surface area contributed by atoms with E-state index in [1.165, 1.54) is 19.2 Å². The summed E-state index contributed by atoms with van der Waals surface area (Å²) in [6.07, 6.45) is 1.39. The number of para-hydroxylation sites is 1. The molecule has 2 aromatic rings. The minimum atomic E-state index is -3.82. The van der Waals surface area contributed by atoms with Crippen LogP contribution in [0.2, 0.25) is 0 Å². The van der Waals surface area contributed by atoms with Crippen molar-refractivity contribution in [2.45, 2.75) is 37.6 Å². The normalized spacial score (nSPS) is 14.4. The van der Waals surface area contributed by atoms with E-state index in [-0.39, 0.29) is 10.8 Å². The van der Waals surface area contributed by atoms with Gasteiger partial charge >= 0.3 is 0 Å². The molecule has 1 heterocycles. The average Bonchev–Trinajstić information content (AvgIpc) is 3.29. The first kappa shape index (κ1) is 24.2. The summed E-state index contributed by atoms with van der Waals surface area (Å²) in [5, 5.41) is 5.45. The zero-order valence-corrected chi connectivity index (χ0v) is 19.6. The Hall–Kier alpha value is -3.40. The Balaban J connectivity index is 1.74. The molecule has 1 aliphatic rings. The first-order valence-corrected chi connectivity index (χ1v) is 12.1. The van der Waals surface area contributed by atoms with Gasteiger partial charge in [0.25, 0.3) is 15.9 Å². The summed E-state index contributed by atoms with van der Waals surface area (Å²) in [5.74, 6) is -0.300. The Morgan fingerprint density at radius 1 is 1.09 bits per heavy atom. The zero-order chi connectivity index (χ0) is 24.0. The molecule has 0 aromatic heterocycles. The van der Waals surface area contributed by atoms with Crippen LogP contribution in [0.1, 0.15) is 37.0 Å². The lowest BCUT2D eigenvalue weighted by Gasteiger charge is -2.22. The largest absolute Gasteiger partial charge is 0.496 e. The van der Waals surface area contributed by atoms with Crippen molar-refractivity contribution in [3.63, 3.8) is 0 Å². The van der Waals surface area contributed by atoms with Crippen LogP contribution < -0.4 is 20.1 Å². The van der Waals surface area contributed by atoms with Crippen LogP contribution in [0, 0.1) is 5.92 Å². The van der Waals surface area contributed by atoms with Crippen molar-refractivity contribution >= 4 is 33.4 Å².